The molecule has 1 fully saturated rings. The summed E-state index contributed by atoms with van der Waals surface area (Å²) in [5.41, 5.74) is 2.45. The molecule has 1 heterocycles. The molecule has 1 amide bonds. The van der Waals surface area contributed by atoms with Gasteiger partial charge in [-0.15, -0.1) is 0 Å². The lowest BCUT2D eigenvalue weighted by Crippen LogP contribution is -2.16. The first-order chi connectivity index (χ1) is 6.74. The summed E-state index contributed by atoms with van der Waals surface area (Å²) in [6.07, 6.45) is 0.478. The molecule has 3 nitrogen and oxygen atoms in total. The van der Waals surface area contributed by atoms with Crippen LogP contribution in [0.5, 0.6) is 0 Å². The van der Waals surface area contributed by atoms with Gasteiger partial charge in [0.2, 0.25) is 0 Å². The largest absolute Gasteiger partial charge is 0.444 e. The van der Waals surface area contributed by atoms with Gasteiger partial charge in [-0.1, -0.05) is 29.8 Å². The Morgan fingerprint density at radius 3 is 2.71 bits per heavy atom. The monoisotopic (exact) mass is 191 g/mol. The fraction of sp³-hybridized carbons (Fsp3) is 0.364. The van der Waals surface area contributed by atoms with Gasteiger partial charge in [0.05, 0.1) is 6.54 Å². The van der Waals surface area contributed by atoms with Gasteiger partial charge in [0.15, 0.2) is 0 Å². The third kappa shape index (κ3) is 2.05. The molecular weight excluding hydrogens is 178 g/mol. The van der Waals surface area contributed by atoms with Crippen LogP contribution >= 0.6 is 0 Å². The quantitative estimate of drug-likeness (QED) is 0.771. The van der Waals surface area contributed by atoms with E-state index < -0.39 is 0 Å². The molecule has 3 heteroatoms. The van der Waals surface area contributed by atoms with E-state index in [9.17, 15) is 4.79 Å². The first-order valence-corrected chi connectivity index (χ1v) is 4.74. The second kappa shape index (κ2) is 3.70. The summed E-state index contributed by atoms with van der Waals surface area (Å²) in [5.74, 6) is 0. The van der Waals surface area contributed by atoms with Crippen molar-refractivity contribution in [2.45, 2.75) is 19.4 Å². The zero-order valence-corrected chi connectivity index (χ0v) is 8.12. The number of carbonyl (C=O) groups excluding carboxylic acids is 1. The van der Waals surface area contributed by atoms with Gasteiger partial charge >= 0.3 is 6.09 Å². The third-order valence-electron chi connectivity index (χ3n) is 2.33. The van der Waals surface area contributed by atoms with Gasteiger partial charge in [-0.2, -0.15) is 0 Å². The highest BCUT2D eigenvalue weighted by molar-refractivity contribution is 5.69. The Labute approximate surface area is 83.1 Å². The summed E-state index contributed by atoms with van der Waals surface area (Å²) >= 11 is 0. The van der Waals surface area contributed by atoms with Gasteiger partial charge in [0.25, 0.3) is 0 Å². The number of nitrogens with one attached hydrogen (secondary N) is 1. The standard InChI is InChI=1S/C11H13NO2/c1-8-2-4-9(5-3-8)6-10-7-12-11(13)14-10/h2-5,10H,6-7H2,1H3,(H,12,13). The highest BCUT2D eigenvalue weighted by atomic mass is 16.6. The number of ether oxygens (including phenoxy) is 1. The van der Waals surface area contributed by atoms with Crippen LogP contribution in [0.15, 0.2) is 24.3 Å². The summed E-state index contributed by atoms with van der Waals surface area (Å²) in [5, 5.41) is 2.64. The van der Waals surface area contributed by atoms with Gasteiger partial charge in [0, 0.05) is 6.42 Å². The molecule has 0 aliphatic carbocycles. The van der Waals surface area contributed by atoms with Crippen molar-refractivity contribution in [2.75, 3.05) is 6.54 Å². The maximum Gasteiger partial charge on any atom is 0.407 e. The number of amides is 1. The van der Waals surface area contributed by atoms with E-state index in [0.717, 1.165) is 6.42 Å². The topological polar surface area (TPSA) is 38.3 Å². The van der Waals surface area contributed by atoms with Crippen molar-refractivity contribution in [3.63, 3.8) is 0 Å². The Morgan fingerprint density at radius 2 is 2.14 bits per heavy atom. The maximum absolute atomic E-state index is 10.8. The zero-order chi connectivity index (χ0) is 9.97. The molecule has 1 aliphatic heterocycles. The summed E-state index contributed by atoms with van der Waals surface area (Å²) < 4.78 is 5.05. The summed E-state index contributed by atoms with van der Waals surface area (Å²) in [4.78, 5) is 10.8. The molecular formula is C11H13NO2. The average Bonchev–Trinajstić information content (AvgIpc) is 2.56. The summed E-state index contributed by atoms with van der Waals surface area (Å²) in [6, 6.07) is 8.28. The first kappa shape index (κ1) is 9.06. The van der Waals surface area contributed by atoms with E-state index in [1.54, 1.807) is 0 Å². The van der Waals surface area contributed by atoms with E-state index in [-0.39, 0.29) is 12.2 Å². The molecule has 14 heavy (non-hydrogen) atoms. The van der Waals surface area contributed by atoms with Crippen LogP contribution in [-0.2, 0) is 11.2 Å². The Hall–Kier alpha value is -1.51. The number of rotatable bonds is 2. The molecule has 0 bridgehead atoms. The van der Waals surface area contributed by atoms with Crippen LogP contribution < -0.4 is 5.32 Å². The van der Waals surface area contributed by atoms with Crippen LogP contribution in [0.4, 0.5) is 4.79 Å². The second-order valence-corrected chi connectivity index (χ2v) is 3.60. The van der Waals surface area contributed by atoms with Crippen molar-refractivity contribution < 1.29 is 9.53 Å². The predicted octanol–water partition coefficient (Wildman–Crippen LogP) is 1.65. The normalized spacial score (nSPS) is 20.4. The molecule has 0 radical (unpaired) electrons. The molecule has 1 aromatic carbocycles. The predicted molar refractivity (Wildman–Crippen MR) is 53.2 cm³/mol. The Kier molecular flexibility index (Phi) is 2.39. The van der Waals surface area contributed by atoms with Crippen LogP contribution in [0.2, 0.25) is 0 Å². The van der Waals surface area contributed by atoms with E-state index in [2.05, 4.69) is 36.5 Å². The SMILES string of the molecule is Cc1ccc(CC2CNC(=O)O2)cc1. The van der Waals surface area contributed by atoms with E-state index in [1.807, 2.05) is 0 Å². The van der Waals surface area contributed by atoms with Gasteiger partial charge in [-0.3, -0.25) is 0 Å². The molecule has 1 unspecified atom stereocenters. The highest BCUT2D eigenvalue weighted by Crippen LogP contribution is 2.10. The number of benzene rings is 1. The lowest BCUT2D eigenvalue weighted by Gasteiger charge is -2.07. The van der Waals surface area contributed by atoms with Crippen molar-refractivity contribution in [3.8, 4) is 0 Å². The fourth-order valence-corrected chi connectivity index (χ4v) is 1.53. The zero-order valence-electron chi connectivity index (χ0n) is 8.12. The summed E-state index contributed by atoms with van der Waals surface area (Å²) in [6.45, 7) is 2.67. The van der Waals surface area contributed by atoms with Gasteiger partial charge in [0.1, 0.15) is 6.10 Å². The number of aryl methyl sites for hydroxylation is 1. The summed E-state index contributed by atoms with van der Waals surface area (Å²) in [7, 11) is 0. The smallest absolute Gasteiger partial charge is 0.407 e. The minimum atomic E-state index is -0.304. The van der Waals surface area contributed by atoms with Crippen LogP contribution in [0.3, 0.4) is 0 Å². The van der Waals surface area contributed by atoms with Crippen molar-refractivity contribution >= 4 is 6.09 Å². The molecule has 0 saturated carbocycles. The molecule has 1 aliphatic rings. The highest BCUT2D eigenvalue weighted by Gasteiger charge is 2.22. The van der Waals surface area contributed by atoms with E-state index >= 15 is 0 Å². The molecule has 2 rings (SSSR count). The molecule has 0 aromatic heterocycles. The lowest BCUT2D eigenvalue weighted by atomic mass is 10.1. The van der Waals surface area contributed by atoms with Gasteiger partial charge in [-0.05, 0) is 12.5 Å². The Morgan fingerprint density at radius 1 is 1.43 bits per heavy atom. The first-order valence-electron chi connectivity index (χ1n) is 4.74. The number of cyclic esters (lactones) is 1. The minimum absolute atomic E-state index is 0.00907. The Bertz CT molecular complexity index is 332. The van der Waals surface area contributed by atoms with Crippen molar-refractivity contribution in [3.05, 3.63) is 35.4 Å². The molecule has 1 aromatic rings. The molecule has 1 saturated heterocycles. The van der Waals surface area contributed by atoms with Crippen LogP contribution in [0, 0.1) is 6.92 Å². The van der Waals surface area contributed by atoms with E-state index in [0.29, 0.717) is 6.54 Å². The average molecular weight is 191 g/mol. The van der Waals surface area contributed by atoms with Crippen LogP contribution in [0.25, 0.3) is 0 Å². The molecule has 74 valence electrons. The van der Waals surface area contributed by atoms with E-state index in [4.69, 9.17) is 4.74 Å². The number of hydrogen-bond acceptors (Lipinski definition) is 2. The van der Waals surface area contributed by atoms with Crippen LogP contribution in [0.1, 0.15) is 11.1 Å². The third-order valence-corrected chi connectivity index (χ3v) is 2.33. The molecule has 0 spiro atoms. The van der Waals surface area contributed by atoms with E-state index in [1.165, 1.54) is 11.1 Å². The number of carbonyl (C=O) groups is 1. The molecule has 1 atom stereocenters. The van der Waals surface area contributed by atoms with Gasteiger partial charge in [-0.25, -0.2) is 4.79 Å². The lowest BCUT2D eigenvalue weighted by molar-refractivity contribution is 0.140. The Balaban J connectivity index is 1.97. The number of hydrogen-bond donors (Lipinski definition) is 1. The maximum atomic E-state index is 10.8. The van der Waals surface area contributed by atoms with Crippen molar-refractivity contribution in [1.82, 2.24) is 5.32 Å². The minimum Gasteiger partial charge on any atom is -0.444 e. The van der Waals surface area contributed by atoms with Gasteiger partial charge < -0.3 is 10.1 Å². The van der Waals surface area contributed by atoms with Crippen LogP contribution in [-0.4, -0.2) is 18.7 Å². The second-order valence-electron chi connectivity index (χ2n) is 3.60. The van der Waals surface area contributed by atoms with Crippen molar-refractivity contribution in [2.24, 2.45) is 0 Å². The number of alkyl carbamates (subject to hydrolysis) is 1. The fourth-order valence-electron chi connectivity index (χ4n) is 1.53. The van der Waals surface area contributed by atoms with Crippen molar-refractivity contribution in [1.29, 1.82) is 0 Å². The molecule has 1 N–H and O–H groups in total.